The number of benzene rings is 2. The highest BCUT2D eigenvalue weighted by Gasteiger charge is 2.33. The molecule has 1 aliphatic rings. The molecule has 0 saturated heterocycles. The molecule has 0 aromatic heterocycles. The zero-order chi connectivity index (χ0) is 19.1. The van der Waals surface area contributed by atoms with Gasteiger partial charge in [-0.2, -0.15) is 13.2 Å². The summed E-state index contributed by atoms with van der Waals surface area (Å²) < 4.78 is 62.3. The first-order chi connectivity index (χ1) is 12.1. The molecule has 2 aromatic rings. The molecule has 0 spiro atoms. The molecule has 9 heteroatoms. The van der Waals surface area contributed by atoms with Crippen LogP contribution in [-0.4, -0.2) is 20.1 Å². The van der Waals surface area contributed by atoms with E-state index in [0.29, 0.717) is 11.6 Å². The standard InChI is InChI=1S/C17H13ClF3NO3S/c18-13-9-10(17(19,20)21)5-6-11(13)16(23)22-14-7-8-26(24,25)15-4-2-1-3-12(14)15/h1-6,9,14H,7-8H2,(H,22,23). The number of hydrogen-bond donors (Lipinski definition) is 1. The Hall–Kier alpha value is -2.06. The van der Waals surface area contributed by atoms with Gasteiger partial charge in [0.1, 0.15) is 0 Å². The van der Waals surface area contributed by atoms with Crippen molar-refractivity contribution < 1.29 is 26.4 Å². The minimum absolute atomic E-state index is 0.106. The molecule has 138 valence electrons. The maximum atomic E-state index is 12.7. The largest absolute Gasteiger partial charge is 0.416 e. The molecule has 1 heterocycles. The van der Waals surface area contributed by atoms with Crippen LogP contribution in [0.3, 0.4) is 0 Å². The van der Waals surface area contributed by atoms with Crippen molar-refractivity contribution in [2.75, 3.05) is 5.75 Å². The zero-order valence-electron chi connectivity index (χ0n) is 13.2. The van der Waals surface area contributed by atoms with Gasteiger partial charge in [-0.05, 0) is 36.2 Å². The Morgan fingerprint density at radius 1 is 1.15 bits per heavy atom. The van der Waals surface area contributed by atoms with Crippen LogP contribution in [0.2, 0.25) is 5.02 Å². The first kappa shape index (κ1) is 18.7. The van der Waals surface area contributed by atoms with Crippen LogP contribution in [0.25, 0.3) is 0 Å². The number of carbonyl (C=O) groups is 1. The highest BCUT2D eigenvalue weighted by Crippen LogP contribution is 2.34. The molecule has 1 unspecified atom stereocenters. The Bertz CT molecular complexity index is 973. The van der Waals surface area contributed by atoms with E-state index in [0.717, 1.165) is 12.1 Å². The number of alkyl halides is 3. The van der Waals surface area contributed by atoms with Crippen molar-refractivity contribution >= 4 is 27.3 Å². The molecule has 3 rings (SSSR count). The molecule has 2 aromatic carbocycles. The Balaban J connectivity index is 1.88. The maximum Gasteiger partial charge on any atom is 0.416 e. The number of hydrogen-bond acceptors (Lipinski definition) is 3. The van der Waals surface area contributed by atoms with Crippen LogP contribution in [-0.2, 0) is 16.0 Å². The lowest BCUT2D eigenvalue weighted by Gasteiger charge is -2.26. The molecule has 1 N–H and O–H groups in total. The number of nitrogens with one attached hydrogen (secondary N) is 1. The summed E-state index contributed by atoms with van der Waals surface area (Å²) in [6.07, 6.45) is -4.39. The van der Waals surface area contributed by atoms with Gasteiger partial charge in [0.2, 0.25) is 0 Å². The van der Waals surface area contributed by atoms with Crippen LogP contribution in [0.4, 0.5) is 13.2 Å². The molecule has 4 nitrogen and oxygen atoms in total. The lowest BCUT2D eigenvalue weighted by Crippen LogP contribution is -2.34. The van der Waals surface area contributed by atoms with Gasteiger partial charge in [0.15, 0.2) is 9.84 Å². The fraction of sp³-hybridized carbons (Fsp3) is 0.235. The van der Waals surface area contributed by atoms with Gasteiger partial charge in [-0.25, -0.2) is 8.42 Å². The van der Waals surface area contributed by atoms with E-state index in [4.69, 9.17) is 11.6 Å². The third-order valence-electron chi connectivity index (χ3n) is 4.15. The monoisotopic (exact) mass is 403 g/mol. The zero-order valence-corrected chi connectivity index (χ0v) is 14.8. The fourth-order valence-corrected chi connectivity index (χ4v) is 4.74. The van der Waals surface area contributed by atoms with Crippen LogP contribution in [0.5, 0.6) is 0 Å². The van der Waals surface area contributed by atoms with Crippen molar-refractivity contribution in [3.05, 3.63) is 64.2 Å². The third kappa shape index (κ3) is 3.57. The summed E-state index contributed by atoms with van der Waals surface area (Å²) >= 11 is 5.84. The molecule has 1 amide bonds. The Morgan fingerprint density at radius 3 is 2.50 bits per heavy atom. The molecular weight excluding hydrogens is 391 g/mol. The van der Waals surface area contributed by atoms with E-state index in [2.05, 4.69) is 5.32 Å². The average Bonchev–Trinajstić information content (AvgIpc) is 2.56. The molecule has 1 atom stereocenters. The number of amides is 1. The third-order valence-corrected chi connectivity index (χ3v) is 6.28. The van der Waals surface area contributed by atoms with Crippen LogP contribution < -0.4 is 5.32 Å². The minimum Gasteiger partial charge on any atom is -0.345 e. The summed E-state index contributed by atoms with van der Waals surface area (Å²) in [6.45, 7) is 0. The Morgan fingerprint density at radius 2 is 1.85 bits per heavy atom. The highest BCUT2D eigenvalue weighted by molar-refractivity contribution is 7.91. The summed E-state index contributed by atoms with van der Waals surface area (Å²) in [5.41, 5.74) is -0.603. The summed E-state index contributed by atoms with van der Waals surface area (Å²) in [5, 5.41) is 2.33. The van der Waals surface area contributed by atoms with Crippen molar-refractivity contribution in [1.29, 1.82) is 0 Å². The van der Waals surface area contributed by atoms with E-state index >= 15 is 0 Å². The van der Waals surface area contributed by atoms with E-state index in [1.54, 1.807) is 18.2 Å². The van der Waals surface area contributed by atoms with Gasteiger partial charge < -0.3 is 5.32 Å². The van der Waals surface area contributed by atoms with Crippen LogP contribution in [0.15, 0.2) is 47.4 Å². The first-order valence-corrected chi connectivity index (χ1v) is 9.62. The molecule has 0 radical (unpaired) electrons. The smallest absolute Gasteiger partial charge is 0.345 e. The predicted molar refractivity (Wildman–Crippen MR) is 89.8 cm³/mol. The van der Waals surface area contributed by atoms with E-state index in [-0.39, 0.29) is 27.7 Å². The predicted octanol–water partition coefficient (Wildman–Crippen LogP) is 4.01. The van der Waals surface area contributed by atoms with Gasteiger partial charge in [0.25, 0.3) is 5.91 Å². The molecular formula is C17H13ClF3NO3S. The summed E-state index contributed by atoms with van der Waals surface area (Å²) in [5.74, 6) is -0.793. The first-order valence-electron chi connectivity index (χ1n) is 7.59. The summed E-state index contributed by atoms with van der Waals surface area (Å²) in [7, 11) is -3.41. The Kier molecular flexibility index (Phi) is 4.74. The van der Waals surface area contributed by atoms with Gasteiger partial charge in [0.05, 0.1) is 32.8 Å². The molecule has 0 fully saturated rings. The fourth-order valence-electron chi connectivity index (χ4n) is 2.85. The van der Waals surface area contributed by atoms with Crippen molar-refractivity contribution in [3.63, 3.8) is 0 Å². The molecule has 0 aliphatic carbocycles. The quantitative estimate of drug-likeness (QED) is 0.824. The number of rotatable bonds is 2. The number of sulfone groups is 1. The van der Waals surface area contributed by atoms with Gasteiger partial charge in [-0.3, -0.25) is 4.79 Å². The van der Waals surface area contributed by atoms with Crippen molar-refractivity contribution in [2.45, 2.75) is 23.5 Å². The van der Waals surface area contributed by atoms with E-state index in [9.17, 15) is 26.4 Å². The van der Waals surface area contributed by atoms with Gasteiger partial charge in [0, 0.05) is 0 Å². The van der Waals surface area contributed by atoms with Crippen molar-refractivity contribution in [2.24, 2.45) is 0 Å². The topological polar surface area (TPSA) is 63.2 Å². The molecule has 0 saturated carbocycles. The number of halogens is 4. The van der Waals surface area contributed by atoms with E-state index in [1.807, 2.05) is 0 Å². The second-order valence-corrected chi connectivity index (χ2v) is 8.35. The van der Waals surface area contributed by atoms with Crippen molar-refractivity contribution in [3.8, 4) is 0 Å². The molecule has 1 aliphatic heterocycles. The molecule has 0 bridgehead atoms. The van der Waals surface area contributed by atoms with Crippen LogP contribution in [0, 0.1) is 0 Å². The van der Waals surface area contributed by atoms with Crippen LogP contribution >= 0.6 is 11.6 Å². The SMILES string of the molecule is O=C(NC1CCS(=O)(=O)c2ccccc21)c1ccc(C(F)(F)F)cc1Cl. The van der Waals surface area contributed by atoms with Gasteiger partial charge >= 0.3 is 6.18 Å². The van der Waals surface area contributed by atoms with Crippen molar-refractivity contribution in [1.82, 2.24) is 5.32 Å². The summed E-state index contributed by atoms with van der Waals surface area (Å²) in [6, 6.07) is 8.22. The van der Waals surface area contributed by atoms with Gasteiger partial charge in [-0.1, -0.05) is 29.8 Å². The highest BCUT2D eigenvalue weighted by atomic mass is 35.5. The lowest BCUT2D eigenvalue weighted by atomic mass is 10.0. The number of carbonyl (C=O) groups excluding carboxylic acids is 1. The number of fused-ring (bicyclic) bond motifs is 1. The lowest BCUT2D eigenvalue weighted by molar-refractivity contribution is -0.137. The van der Waals surface area contributed by atoms with Gasteiger partial charge in [-0.15, -0.1) is 0 Å². The normalized spacial score (nSPS) is 18.8. The van der Waals surface area contributed by atoms with E-state index in [1.165, 1.54) is 6.07 Å². The van der Waals surface area contributed by atoms with Crippen LogP contribution in [0.1, 0.15) is 33.9 Å². The Labute approximate surface area is 152 Å². The average molecular weight is 404 g/mol. The summed E-state index contributed by atoms with van der Waals surface area (Å²) in [4.78, 5) is 12.6. The molecule has 26 heavy (non-hydrogen) atoms. The second kappa shape index (κ2) is 6.59. The second-order valence-electron chi connectivity index (χ2n) is 5.86. The van der Waals surface area contributed by atoms with E-state index < -0.39 is 33.5 Å². The minimum atomic E-state index is -4.56. The maximum absolute atomic E-state index is 12.7.